The summed E-state index contributed by atoms with van der Waals surface area (Å²) in [7, 11) is 0. The summed E-state index contributed by atoms with van der Waals surface area (Å²) in [6, 6.07) is 4.02. The highest BCUT2D eigenvalue weighted by Gasteiger charge is 2.37. The first-order chi connectivity index (χ1) is 8.15. The molecule has 0 spiro atoms. The zero-order valence-corrected chi connectivity index (χ0v) is 10.8. The molecule has 1 saturated carbocycles. The SMILES string of the molecule is Cc1cccnc1COC1(CN)CCC(C)C1. The number of nitrogens with zero attached hydrogens (tertiary/aromatic N) is 1. The lowest BCUT2D eigenvalue weighted by molar-refractivity contribution is -0.0485. The molecule has 2 N–H and O–H groups in total. The van der Waals surface area contributed by atoms with E-state index in [1.165, 1.54) is 12.0 Å². The molecule has 0 radical (unpaired) electrons. The molecule has 0 saturated heterocycles. The highest BCUT2D eigenvalue weighted by Crippen LogP contribution is 2.37. The van der Waals surface area contributed by atoms with Crippen molar-refractivity contribution < 1.29 is 4.74 Å². The van der Waals surface area contributed by atoms with Gasteiger partial charge < -0.3 is 10.5 Å². The first-order valence-corrected chi connectivity index (χ1v) is 6.40. The molecule has 1 fully saturated rings. The maximum atomic E-state index is 6.09. The molecule has 2 unspecified atom stereocenters. The summed E-state index contributed by atoms with van der Waals surface area (Å²) in [5.41, 5.74) is 7.99. The van der Waals surface area contributed by atoms with Crippen LogP contribution < -0.4 is 5.73 Å². The van der Waals surface area contributed by atoms with Crippen LogP contribution in [0.5, 0.6) is 0 Å². The Kier molecular flexibility index (Phi) is 3.79. The molecule has 17 heavy (non-hydrogen) atoms. The summed E-state index contributed by atoms with van der Waals surface area (Å²) in [5, 5.41) is 0. The van der Waals surface area contributed by atoms with Gasteiger partial charge >= 0.3 is 0 Å². The van der Waals surface area contributed by atoms with Gasteiger partial charge in [-0.1, -0.05) is 13.0 Å². The van der Waals surface area contributed by atoms with Crippen molar-refractivity contribution in [1.29, 1.82) is 0 Å². The molecule has 1 heterocycles. The fourth-order valence-corrected chi connectivity index (χ4v) is 2.61. The van der Waals surface area contributed by atoms with Crippen molar-refractivity contribution >= 4 is 0 Å². The third kappa shape index (κ3) is 2.85. The molecule has 0 bridgehead atoms. The number of nitrogens with two attached hydrogens (primary N) is 1. The minimum absolute atomic E-state index is 0.108. The van der Waals surface area contributed by atoms with E-state index in [9.17, 15) is 0 Å². The van der Waals surface area contributed by atoms with Gasteiger partial charge in [0.15, 0.2) is 0 Å². The predicted octanol–water partition coefficient (Wildman–Crippen LogP) is 2.42. The summed E-state index contributed by atoms with van der Waals surface area (Å²) >= 11 is 0. The van der Waals surface area contributed by atoms with Gasteiger partial charge in [0, 0.05) is 12.7 Å². The standard InChI is InChI=1S/C14H22N2O/c1-11-5-6-14(8-11,10-15)17-9-13-12(2)4-3-7-16-13/h3-4,7,11H,5-6,8-10,15H2,1-2H3. The van der Waals surface area contributed by atoms with Gasteiger partial charge in [-0.2, -0.15) is 0 Å². The second kappa shape index (κ2) is 5.15. The molecule has 0 amide bonds. The quantitative estimate of drug-likeness (QED) is 0.870. The highest BCUT2D eigenvalue weighted by atomic mass is 16.5. The third-order valence-electron chi connectivity index (χ3n) is 3.82. The Morgan fingerprint density at radius 2 is 2.41 bits per heavy atom. The number of aromatic nitrogens is 1. The number of pyridine rings is 1. The van der Waals surface area contributed by atoms with Crippen molar-refractivity contribution in [2.75, 3.05) is 6.54 Å². The summed E-state index contributed by atoms with van der Waals surface area (Å²) in [4.78, 5) is 4.36. The van der Waals surface area contributed by atoms with Crippen molar-refractivity contribution in [3.05, 3.63) is 29.6 Å². The van der Waals surface area contributed by atoms with Crippen molar-refractivity contribution in [3.8, 4) is 0 Å². The van der Waals surface area contributed by atoms with E-state index in [2.05, 4.69) is 24.9 Å². The van der Waals surface area contributed by atoms with Gasteiger partial charge in [0.05, 0.1) is 17.9 Å². The molecule has 3 heteroatoms. The van der Waals surface area contributed by atoms with E-state index in [0.717, 1.165) is 24.5 Å². The Morgan fingerprint density at radius 1 is 1.59 bits per heavy atom. The molecule has 0 aromatic carbocycles. The number of rotatable bonds is 4. The van der Waals surface area contributed by atoms with Crippen LogP contribution in [0.3, 0.4) is 0 Å². The van der Waals surface area contributed by atoms with E-state index >= 15 is 0 Å². The Morgan fingerprint density at radius 3 is 3.00 bits per heavy atom. The molecule has 3 nitrogen and oxygen atoms in total. The van der Waals surface area contributed by atoms with E-state index in [1.54, 1.807) is 0 Å². The zero-order chi connectivity index (χ0) is 12.3. The van der Waals surface area contributed by atoms with E-state index in [-0.39, 0.29) is 5.60 Å². The van der Waals surface area contributed by atoms with Crippen LogP contribution in [-0.4, -0.2) is 17.1 Å². The van der Waals surface area contributed by atoms with Crippen LogP contribution in [0, 0.1) is 12.8 Å². The molecular weight excluding hydrogens is 212 g/mol. The van der Waals surface area contributed by atoms with Crippen LogP contribution in [0.1, 0.15) is 37.4 Å². The first kappa shape index (κ1) is 12.5. The highest BCUT2D eigenvalue weighted by molar-refractivity contribution is 5.16. The van der Waals surface area contributed by atoms with E-state index in [4.69, 9.17) is 10.5 Å². The normalized spacial score (nSPS) is 28.5. The molecule has 1 aromatic heterocycles. The lowest BCUT2D eigenvalue weighted by Crippen LogP contribution is -2.38. The Labute approximate surface area is 103 Å². The monoisotopic (exact) mass is 234 g/mol. The van der Waals surface area contributed by atoms with E-state index < -0.39 is 0 Å². The van der Waals surface area contributed by atoms with Gasteiger partial charge in [0.25, 0.3) is 0 Å². The fourth-order valence-electron chi connectivity index (χ4n) is 2.61. The van der Waals surface area contributed by atoms with Crippen LogP contribution in [-0.2, 0) is 11.3 Å². The van der Waals surface area contributed by atoms with Gasteiger partial charge in [-0.05, 0) is 43.7 Å². The predicted molar refractivity (Wildman–Crippen MR) is 68.6 cm³/mol. The molecule has 1 aliphatic carbocycles. The minimum atomic E-state index is -0.108. The average Bonchev–Trinajstić information content (AvgIpc) is 2.71. The molecule has 2 rings (SSSR count). The van der Waals surface area contributed by atoms with Gasteiger partial charge in [-0.3, -0.25) is 4.98 Å². The lowest BCUT2D eigenvalue weighted by Gasteiger charge is -2.28. The largest absolute Gasteiger partial charge is 0.367 e. The Hall–Kier alpha value is -0.930. The number of hydrogen-bond acceptors (Lipinski definition) is 3. The summed E-state index contributed by atoms with van der Waals surface area (Å²) in [6.07, 6.45) is 5.20. The van der Waals surface area contributed by atoms with E-state index in [1.807, 2.05) is 12.3 Å². The zero-order valence-electron chi connectivity index (χ0n) is 10.8. The Balaban J connectivity index is 1.99. The average molecular weight is 234 g/mol. The minimum Gasteiger partial charge on any atom is -0.367 e. The molecule has 0 aliphatic heterocycles. The van der Waals surface area contributed by atoms with Crippen LogP contribution in [0.4, 0.5) is 0 Å². The first-order valence-electron chi connectivity index (χ1n) is 6.40. The molecule has 1 aliphatic rings. The van der Waals surface area contributed by atoms with Crippen molar-refractivity contribution in [3.63, 3.8) is 0 Å². The fraction of sp³-hybridized carbons (Fsp3) is 0.643. The third-order valence-corrected chi connectivity index (χ3v) is 3.82. The van der Waals surface area contributed by atoms with Crippen molar-refractivity contribution in [1.82, 2.24) is 4.98 Å². The van der Waals surface area contributed by atoms with E-state index in [0.29, 0.717) is 13.2 Å². The topological polar surface area (TPSA) is 48.1 Å². The Bertz CT molecular complexity index is 380. The number of hydrogen-bond donors (Lipinski definition) is 1. The number of ether oxygens (including phenoxy) is 1. The second-order valence-corrected chi connectivity index (χ2v) is 5.29. The molecular formula is C14H22N2O. The van der Waals surface area contributed by atoms with Crippen LogP contribution in [0.15, 0.2) is 18.3 Å². The van der Waals surface area contributed by atoms with Gasteiger partial charge in [0.1, 0.15) is 0 Å². The molecule has 2 atom stereocenters. The van der Waals surface area contributed by atoms with Crippen molar-refractivity contribution in [2.45, 2.75) is 45.3 Å². The summed E-state index contributed by atoms with van der Waals surface area (Å²) in [6.45, 7) is 5.53. The van der Waals surface area contributed by atoms with Crippen LogP contribution in [0.25, 0.3) is 0 Å². The maximum Gasteiger partial charge on any atom is 0.0898 e. The molecule has 94 valence electrons. The van der Waals surface area contributed by atoms with Gasteiger partial charge in [-0.15, -0.1) is 0 Å². The van der Waals surface area contributed by atoms with Gasteiger partial charge in [-0.25, -0.2) is 0 Å². The number of aryl methyl sites for hydroxylation is 1. The summed E-state index contributed by atoms with van der Waals surface area (Å²) in [5.74, 6) is 0.725. The summed E-state index contributed by atoms with van der Waals surface area (Å²) < 4.78 is 6.09. The van der Waals surface area contributed by atoms with Crippen LogP contribution >= 0.6 is 0 Å². The smallest absolute Gasteiger partial charge is 0.0898 e. The van der Waals surface area contributed by atoms with Crippen LogP contribution in [0.2, 0.25) is 0 Å². The maximum absolute atomic E-state index is 6.09. The lowest BCUT2D eigenvalue weighted by atomic mass is 10.0. The van der Waals surface area contributed by atoms with Gasteiger partial charge in [0.2, 0.25) is 0 Å². The van der Waals surface area contributed by atoms with Crippen molar-refractivity contribution in [2.24, 2.45) is 11.7 Å². The molecule has 1 aromatic rings. The second-order valence-electron chi connectivity index (χ2n) is 5.29.